The number of carboxylic acids is 1. The Morgan fingerprint density at radius 3 is 2.17 bits per heavy atom. The zero-order chi connectivity index (χ0) is 26.5. The smallest absolute Gasteiger partial charge is 0.326 e. The number of benzene rings is 1. The maximum absolute atomic E-state index is 13.2. The van der Waals surface area contributed by atoms with E-state index in [1.54, 1.807) is 0 Å². The Morgan fingerprint density at radius 1 is 0.944 bits per heavy atom. The lowest BCUT2D eigenvalue weighted by molar-refractivity contribution is -0.142. The number of imidazole rings is 1. The van der Waals surface area contributed by atoms with Gasteiger partial charge in [-0.3, -0.25) is 14.4 Å². The number of H-pyrrole nitrogens is 1. The normalized spacial score (nSPS) is 14.2. The third-order valence-electron chi connectivity index (χ3n) is 5.50. The molecule has 4 unspecified atom stereocenters. The highest BCUT2D eigenvalue weighted by Gasteiger charge is 2.30. The van der Waals surface area contributed by atoms with E-state index in [9.17, 15) is 24.3 Å². The summed E-state index contributed by atoms with van der Waals surface area (Å²) in [5, 5.41) is 17.4. The fourth-order valence-electron chi connectivity index (χ4n) is 3.48. The summed E-state index contributed by atoms with van der Waals surface area (Å²) in [4.78, 5) is 57.0. The topological polar surface area (TPSA) is 205 Å². The van der Waals surface area contributed by atoms with Crippen molar-refractivity contribution in [2.75, 3.05) is 6.54 Å². The van der Waals surface area contributed by atoms with Crippen LogP contribution >= 0.6 is 0 Å². The third-order valence-corrected chi connectivity index (χ3v) is 5.50. The number of rotatable bonds is 15. The number of amides is 3. The quantitative estimate of drug-likeness (QED) is 0.154. The molecule has 2 rings (SSSR count). The third kappa shape index (κ3) is 9.47. The number of hydrogen-bond donors (Lipinski definition) is 7. The molecule has 0 spiro atoms. The van der Waals surface area contributed by atoms with Crippen LogP contribution in [0, 0.1) is 0 Å². The molecule has 3 amide bonds. The van der Waals surface area contributed by atoms with Crippen LogP contribution < -0.4 is 27.4 Å². The zero-order valence-corrected chi connectivity index (χ0v) is 20.3. The summed E-state index contributed by atoms with van der Waals surface area (Å²) in [7, 11) is 0. The van der Waals surface area contributed by atoms with Crippen LogP contribution in [0.5, 0.6) is 0 Å². The fraction of sp³-hybridized carbons (Fsp3) is 0.458. The molecule has 36 heavy (non-hydrogen) atoms. The van der Waals surface area contributed by atoms with Crippen molar-refractivity contribution in [3.05, 3.63) is 54.1 Å². The number of nitrogens with zero attached hydrogens (tertiary/aromatic N) is 1. The number of carbonyl (C=O) groups is 4. The number of hydrogen-bond acceptors (Lipinski definition) is 7. The maximum atomic E-state index is 13.2. The van der Waals surface area contributed by atoms with E-state index in [1.165, 1.54) is 19.4 Å². The molecule has 4 atom stereocenters. The van der Waals surface area contributed by atoms with Crippen LogP contribution in [0.1, 0.15) is 37.4 Å². The standard InChI is InChI=1S/C24H35N7O5/c1-15(26)21(32)30-19(11-16-7-3-2-4-8-16)23(34)29-18(9-5-6-10-25)22(33)31-20(24(35)36)12-17-13-27-14-28-17/h2-4,7-8,13-15,18-20H,5-6,9-12,25-26H2,1H3,(H,27,28)(H,29,34)(H,30,32)(H,31,33)(H,35,36). The Hall–Kier alpha value is -3.77. The second-order valence-corrected chi connectivity index (χ2v) is 8.57. The van der Waals surface area contributed by atoms with Crippen LogP contribution in [-0.2, 0) is 32.0 Å². The van der Waals surface area contributed by atoms with Crippen molar-refractivity contribution < 1.29 is 24.3 Å². The molecule has 9 N–H and O–H groups in total. The molecule has 0 fully saturated rings. The van der Waals surface area contributed by atoms with E-state index < -0.39 is 47.9 Å². The van der Waals surface area contributed by atoms with Crippen molar-refractivity contribution in [2.45, 2.75) is 63.2 Å². The molecule has 12 heteroatoms. The Balaban J connectivity index is 2.17. The average molecular weight is 502 g/mol. The van der Waals surface area contributed by atoms with Crippen molar-refractivity contribution in [1.82, 2.24) is 25.9 Å². The largest absolute Gasteiger partial charge is 0.480 e. The zero-order valence-electron chi connectivity index (χ0n) is 20.3. The SMILES string of the molecule is CC(N)C(=O)NC(Cc1ccccc1)C(=O)NC(CCCCN)C(=O)NC(Cc1cnc[nH]1)C(=O)O. The van der Waals surface area contributed by atoms with Crippen LogP contribution in [0.2, 0.25) is 0 Å². The molecule has 0 saturated heterocycles. The number of unbranched alkanes of at least 4 members (excludes halogenated alkanes) is 1. The van der Waals surface area contributed by atoms with Crippen molar-refractivity contribution in [1.29, 1.82) is 0 Å². The summed E-state index contributed by atoms with van der Waals surface area (Å²) in [6.45, 7) is 1.91. The van der Waals surface area contributed by atoms with Gasteiger partial charge in [0.05, 0.1) is 12.4 Å². The van der Waals surface area contributed by atoms with Crippen molar-refractivity contribution in [2.24, 2.45) is 11.5 Å². The van der Waals surface area contributed by atoms with E-state index in [4.69, 9.17) is 11.5 Å². The van der Waals surface area contributed by atoms with E-state index in [2.05, 4.69) is 25.9 Å². The van der Waals surface area contributed by atoms with Crippen LogP contribution in [-0.4, -0.2) is 69.5 Å². The van der Waals surface area contributed by atoms with Gasteiger partial charge in [-0.15, -0.1) is 0 Å². The number of carbonyl (C=O) groups excluding carboxylic acids is 3. The van der Waals surface area contributed by atoms with E-state index >= 15 is 0 Å². The van der Waals surface area contributed by atoms with Gasteiger partial charge in [-0.2, -0.15) is 0 Å². The van der Waals surface area contributed by atoms with Crippen molar-refractivity contribution >= 4 is 23.7 Å². The van der Waals surface area contributed by atoms with Crippen LogP contribution in [0.25, 0.3) is 0 Å². The van der Waals surface area contributed by atoms with Gasteiger partial charge >= 0.3 is 5.97 Å². The molecule has 0 radical (unpaired) electrons. The highest BCUT2D eigenvalue weighted by molar-refractivity contribution is 5.94. The average Bonchev–Trinajstić information content (AvgIpc) is 3.36. The lowest BCUT2D eigenvalue weighted by Crippen LogP contribution is -2.57. The molecular weight excluding hydrogens is 466 g/mol. The number of nitrogens with two attached hydrogens (primary N) is 2. The molecule has 0 bridgehead atoms. The summed E-state index contributed by atoms with van der Waals surface area (Å²) in [5.74, 6) is -2.97. The first kappa shape index (κ1) is 28.5. The molecule has 0 aliphatic rings. The molecule has 0 saturated carbocycles. The number of aromatic amines is 1. The van der Waals surface area contributed by atoms with Crippen LogP contribution in [0.15, 0.2) is 42.9 Å². The van der Waals surface area contributed by atoms with Gasteiger partial charge in [-0.05, 0) is 38.3 Å². The minimum atomic E-state index is -1.23. The summed E-state index contributed by atoms with van der Waals surface area (Å²) >= 11 is 0. The Morgan fingerprint density at radius 2 is 1.58 bits per heavy atom. The first-order chi connectivity index (χ1) is 17.2. The highest BCUT2D eigenvalue weighted by atomic mass is 16.4. The highest BCUT2D eigenvalue weighted by Crippen LogP contribution is 2.08. The summed E-state index contributed by atoms with van der Waals surface area (Å²) in [5.41, 5.74) is 12.6. The number of aliphatic carboxylic acids is 1. The summed E-state index contributed by atoms with van der Waals surface area (Å²) in [6, 6.07) is 5.00. The Bertz CT molecular complexity index is 982. The van der Waals surface area contributed by atoms with Crippen molar-refractivity contribution in [3.8, 4) is 0 Å². The van der Waals surface area contributed by atoms with Gasteiger partial charge in [0.1, 0.15) is 18.1 Å². The Kier molecular flexibility index (Phi) is 11.5. The van der Waals surface area contributed by atoms with Gasteiger partial charge in [0.15, 0.2) is 0 Å². The first-order valence-electron chi connectivity index (χ1n) is 11.8. The second kappa shape index (κ2) is 14.6. The molecule has 1 aromatic heterocycles. The van der Waals surface area contributed by atoms with Gasteiger partial charge in [-0.1, -0.05) is 30.3 Å². The fourth-order valence-corrected chi connectivity index (χ4v) is 3.48. The first-order valence-corrected chi connectivity index (χ1v) is 11.8. The number of carboxylic acid groups (broad SMARTS) is 1. The maximum Gasteiger partial charge on any atom is 0.326 e. The summed E-state index contributed by atoms with van der Waals surface area (Å²) < 4.78 is 0. The summed E-state index contributed by atoms with van der Waals surface area (Å²) in [6.07, 6.45) is 4.44. The monoisotopic (exact) mass is 501 g/mol. The minimum Gasteiger partial charge on any atom is -0.480 e. The molecule has 1 heterocycles. The number of aromatic nitrogens is 2. The van der Waals surface area contributed by atoms with E-state index in [-0.39, 0.29) is 19.3 Å². The molecule has 0 aliphatic heterocycles. The molecule has 0 aliphatic carbocycles. The molecular formula is C24H35N7O5. The molecule has 2 aromatic rings. The van der Waals surface area contributed by atoms with Crippen LogP contribution in [0.4, 0.5) is 0 Å². The van der Waals surface area contributed by atoms with Crippen molar-refractivity contribution in [3.63, 3.8) is 0 Å². The lowest BCUT2D eigenvalue weighted by atomic mass is 10.0. The van der Waals surface area contributed by atoms with E-state index in [0.717, 1.165) is 5.56 Å². The predicted molar refractivity (Wildman–Crippen MR) is 132 cm³/mol. The second-order valence-electron chi connectivity index (χ2n) is 8.57. The predicted octanol–water partition coefficient (Wildman–Crippen LogP) is -0.790. The van der Waals surface area contributed by atoms with E-state index in [1.807, 2.05) is 30.3 Å². The Labute approximate surface area is 209 Å². The minimum absolute atomic E-state index is 0.00832. The van der Waals surface area contributed by atoms with Gasteiger partial charge in [0, 0.05) is 24.7 Å². The molecule has 1 aromatic carbocycles. The molecule has 12 nitrogen and oxygen atoms in total. The van der Waals surface area contributed by atoms with Gasteiger partial charge in [-0.25, -0.2) is 9.78 Å². The van der Waals surface area contributed by atoms with Gasteiger partial charge in [0.25, 0.3) is 0 Å². The van der Waals surface area contributed by atoms with E-state index in [0.29, 0.717) is 25.1 Å². The van der Waals surface area contributed by atoms with Gasteiger partial charge < -0.3 is 37.5 Å². The molecule has 196 valence electrons. The van der Waals surface area contributed by atoms with Crippen LogP contribution in [0.3, 0.4) is 0 Å². The lowest BCUT2D eigenvalue weighted by Gasteiger charge is -2.25. The number of nitrogens with one attached hydrogen (secondary N) is 4. The van der Waals surface area contributed by atoms with Gasteiger partial charge in [0.2, 0.25) is 17.7 Å².